The SMILES string of the molecule is C=CC(=O)O.CC(Cl)C(=O)O.CCC(=O)O.CCO.ClCl.O.O=C(O)CCCl.[C-]#[O+].[Na+].[OH-]. The summed E-state index contributed by atoms with van der Waals surface area (Å²) in [5.74, 6) is -3.34. The van der Waals surface area contributed by atoms with Crippen molar-refractivity contribution in [1.82, 2.24) is 0 Å². The number of carboxylic acids is 4. The van der Waals surface area contributed by atoms with E-state index < -0.39 is 29.3 Å². The molecule has 0 amide bonds. The molecule has 0 spiro atoms. The van der Waals surface area contributed by atoms with Crippen LogP contribution in [0.3, 0.4) is 0 Å². The molecule has 32 heavy (non-hydrogen) atoms. The molecule has 0 fully saturated rings. The Hall–Kier alpha value is -0.600. The molecule has 1 atom stereocenters. The zero-order chi connectivity index (χ0) is 25.4. The third kappa shape index (κ3) is 219. The second-order valence-electron chi connectivity index (χ2n) is 3.39. The van der Waals surface area contributed by atoms with Crippen molar-refractivity contribution in [1.29, 1.82) is 0 Å². The third-order valence-corrected chi connectivity index (χ3v) is 1.50. The molecule has 0 aliphatic carbocycles. The molecule has 0 aromatic rings. The number of halogens is 4. The molecule has 0 aliphatic rings. The molecule has 0 saturated heterocycles. The number of hydrogen-bond acceptors (Lipinski definition) is 6. The molecule has 17 heteroatoms. The van der Waals surface area contributed by atoms with E-state index in [-0.39, 0.29) is 65.8 Å². The molecule has 0 aliphatic heterocycles. The number of aliphatic hydroxyl groups is 1. The van der Waals surface area contributed by atoms with Gasteiger partial charge in [-0.2, -0.15) is 0 Å². The van der Waals surface area contributed by atoms with Crippen LogP contribution in [-0.4, -0.2) is 78.2 Å². The van der Waals surface area contributed by atoms with Gasteiger partial charge in [-0.05, 0) is 13.8 Å². The second-order valence-corrected chi connectivity index (χ2v) is 4.43. The summed E-state index contributed by atoms with van der Waals surface area (Å²) in [7, 11) is 8.22. The zero-order valence-electron chi connectivity index (χ0n) is 17.9. The number of rotatable bonds is 5. The Labute approximate surface area is 228 Å². The molecular weight excluding hydrogens is 537 g/mol. The maximum atomic E-state index is 9.57. The maximum absolute atomic E-state index is 9.57. The quantitative estimate of drug-likeness (QED) is 0.0936. The van der Waals surface area contributed by atoms with Crippen molar-refractivity contribution in [3.05, 3.63) is 19.3 Å². The molecule has 8 N–H and O–H groups in total. The van der Waals surface area contributed by atoms with Crippen LogP contribution in [0.4, 0.5) is 0 Å². The van der Waals surface area contributed by atoms with Gasteiger partial charge in [-0.25, -0.2) is 4.79 Å². The van der Waals surface area contributed by atoms with Crippen LogP contribution in [0.1, 0.15) is 33.6 Å². The average Bonchev–Trinajstić information content (AvgIpc) is 2.66. The van der Waals surface area contributed by atoms with Crippen molar-refractivity contribution in [3.63, 3.8) is 0 Å². The van der Waals surface area contributed by atoms with Gasteiger partial charge in [-0.15, -0.1) is 23.2 Å². The summed E-state index contributed by atoms with van der Waals surface area (Å²) in [6, 6.07) is 0. The van der Waals surface area contributed by atoms with Gasteiger partial charge < -0.3 is 36.5 Å². The van der Waals surface area contributed by atoms with Crippen molar-refractivity contribution < 1.29 is 89.9 Å². The number of carbonyl (C=O) groups is 4. The van der Waals surface area contributed by atoms with E-state index in [0.717, 1.165) is 6.08 Å². The predicted molar refractivity (Wildman–Crippen MR) is 116 cm³/mol. The Morgan fingerprint density at radius 1 is 1.03 bits per heavy atom. The number of aliphatic carboxylic acids is 4. The first kappa shape index (κ1) is 63.4. The predicted octanol–water partition coefficient (Wildman–Crippen LogP) is -0.521. The van der Waals surface area contributed by atoms with Gasteiger partial charge >= 0.3 is 64.7 Å². The average molecular weight is 566 g/mol. The molecule has 0 radical (unpaired) electrons. The molecule has 0 rings (SSSR count). The first-order chi connectivity index (χ1) is 13.4. The zero-order valence-corrected chi connectivity index (χ0v) is 23.0. The summed E-state index contributed by atoms with van der Waals surface area (Å²) in [6.07, 6.45) is 1.11. The Balaban J connectivity index is -0.0000000225. The van der Waals surface area contributed by atoms with Crippen molar-refractivity contribution in [2.75, 3.05) is 12.5 Å². The van der Waals surface area contributed by atoms with Gasteiger partial charge in [0.2, 0.25) is 0 Å². The fourth-order valence-electron chi connectivity index (χ4n) is 0.0808. The van der Waals surface area contributed by atoms with Gasteiger partial charge in [0.1, 0.15) is 5.38 Å². The van der Waals surface area contributed by atoms with E-state index in [1.807, 2.05) is 0 Å². The van der Waals surface area contributed by atoms with Crippen LogP contribution in [-0.2, 0) is 23.8 Å². The molecule has 1 unspecified atom stereocenters. The summed E-state index contributed by atoms with van der Waals surface area (Å²) >= 11 is 10.0. The van der Waals surface area contributed by atoms with E-state index in [1.54, 1.807) is 13.8 Å². The van der Waals surface area contributed by atoms with Crippen molar-refractivity contribution in [2.45, 2.75) is 39.0 Å². The Bertz CT molecular complexity index is 411. The minimum absolute atomic E-state index is 0. The van der Waals surface area contributed by atoms with E-state index in [2.05, 4.69) is 34.9 Å². The third-order valence-electron chi connectivity index (χ3n) is 1.13. The van der Waals surface area contributed by atoms with Gasteiger partial charge in [0.25, 0.3) is 0 Å². The summed E-state index contributed by atoms with van der Waals surface area (Å²) in [5, 5.41) is 37.8. The molecule has 0 aromatic heterocycles. The topological polar surface area (TPSA) is 251 Å². The first-order valence-electron chi connectivity index (χ1n) is 7.04. The Kier molecular flexibility index (Phi) is 138. The normalized spacial score (nSPS) is 7.06. The summed E-state index contributed by atoms with van der Waals surface area (Å²) in [6.45, 7) is 12.4. The van der Waals surface area contributed by atoms with Gasteiger partial charge in [0.05, 0.1) is 6.42 Å². The molecule has 0 bridgehead atoms. The monoisotopic (exact) mass is 564 g/mol. The number of aliphatic hydroxyl groups excluding tert-OH is 1. The Morgan fingerprint density at radius 2 is 1.22 bits per heavy atom. The van der Waals surface area contributed by atoms with Crippen LogP contribution < -0.4 is 29.6 Å². The van der Waals surface area contributed by atoms with Crippen molar-refractivity contribution in [2.24, 2.45) is 0 Å². The van der Waals surface area contributed by atoms with Crippen molar-refractivity contribution >= 4 is 68.8 Å². The molecule has 190 valence electrons. The maximum Gasteiger partial charge on any atom is 1.00 e. The minimum atomic E-state index is -0.981. The van der Waals surface area contributed by atoms with Crippen molar-refractivity contribution in [3.8, 4) is 0 Å². The van der Waals surface area contributed by atoms with E-state index in [1.165, 1.54) is 6.92 Å². The molecule has 0 saturated carbocycles. The van der Waals surface area contributed by atoms with Gasteiger partial charge in [0, 0.05) is 46.7 Å². The number of hydrogen-bond donors (Lipinski definition) is 5. The summed E-state index contributed by atoms with van der Waals surface area (Å²) < 4.78 is 7.50. The van der Waals surface area contributed by atoms with Crippen LogP contribution in [0.25, 0.3) is 0 Å². The minimum Gasteiger partial charge on any atom is -0.870 e. The first-order valence-corrected chi connectivity index (χ1v) is 9.16. The standard InChI is InChI=1S/2C3H5ClO2.C3H6O2.C3H4O2.C2H6O.CO.Cl2.Na.2H2O/c1-2(4)3(5)6;4-2-1-3(5)6;2*1-2-3(4)5;1-2-3;2*1-2;;;/h2H,1H3,(H,5,6);1-2H2,(H,5,6);2H2,1H3,(H,4,5);2H,1H2,(H,4,5);3H,2H2,1H3;;;;2*1H2/q;;;;;;;+1;;/p-1. The van der Waals surface area contributed by atoms with E-state index in [0.29, 0.717) is 0 Å². The fraction of sp³-hybridized carbons (Fsp3) is 0.533. The van der Waals surface area contributed by atoms with Crippen LogP contribution in [0, 0.1) is 6.65 Å². The number of carboxylic acid groups (broad SMARTS) is 4. The van der Waals surface area contributed by atoms with Gasteiger partial charge in [-0.1, -0.05) is 13.5 Å². The smallest absolute Gasteiger partial charge is 0.870 e. The Morgan fingerprint density at radius 3 is 1.22 bits per heavy atom. The van der Waals surface area contributed by atoms with Crippen LogP contribution in [0.5, 0.6) is 0 Å². The van der Waals surface area contributed by atoms with E-state index in [4.69, 9.17) is 53.4 Å². The van der Waals surface area contributed by atoms with Crippen LogP contribution in [0.15, 0.2) is 12.7 Å². The second kappa shape index (κ2) is 69.8. The van der Waals surface area contributed by atoms with Crippen LogP contribution in [0.2, 0.25) is 0 Å². The van der Waals surface area contributed by atoms with E-state index >= 15 is 0 Å². The largest absolute Gasteiger partial charge is 1.00 e. The number of alkyl halides is 2. The molecule has 12 nitrogen and oxygen atoms in total. The van der Waals surface area contributed by atoms with Gasteiger partial charge in [0.15, 0.2) is 0 Å². The van der Waals surface area contributed by atoms with Crippen LogP contribution >= 0.6 is 44.9 Å². The molecular formula is C15H29Cl4NaO12. The summed E-state index contributed by atoms with van der Waals surface area (Å²) in [4.78, 5) is 37.7. The summed E-state index contributed by atoms with van der Waals surface area (Å²) in [5.41, 5.74) is 0. The van der Waals surface area contributed by atoms with Gasteiger partial charge in [-0.3, -0.25) is 14.4 Å². The molecule has 0 heterocycles. The van der Waals surface area contributed by atoms with E-state index in [9.17, 15) is 19.2 Å². The fourth-order valence-corrected chi connectivity index (χ4v) is 0.243. The molecule has 0 aromatic carbocycles.